The van der Waals surface area contributed by atoms with Gasteiger partial charge < -0.3 is 0 Å². The van der Waals surface area contributed by atoms with Crippen LogP contribution < -0.4 is 0 Å². The molecule has 0 amide bonds. The molecule has 1 saturated carbocycles. The highest BCUT2D eigenvalue weighted by atomic mass is 79.9. The second kappa shape index (κ2) is 8.09. The number of alkyl halides is 1. The van der Waals surface area contributed by atoms with E-state index in [1.807, 2.05) is 0 Å². The van der Waals surface area contributed by atoms with Gasteiger partial charge in [-0.15, -0.1) is 0 Å². The topological polar surface area (TPSA) is 0 Å². The minimum atomic E-state index is 0.549. The normalized spacial score (nSPS) is 17.8. The zero-order chi connectivity index (χ0) is 13.5. The van der Waals surface area contributed by atoms with Gasteiger partial charge in [0, 0.05) is 4.83 Å². The molecule has 0 aromatic heterocycles. The van der Waals surface area contributed by atoms with Crippen molar-refractivity contribution in [2.24, 2.45) is 5.92 Å². The van der Waals surface area contributed by atoms with E-state index >= 15 is 0 Å². The largest absolute Gasteiger partial charge is 0.0839 e. The van der Waals surface area contributed by atoms with E-state index in [2.05, 4.69) is 47.1 Å². The van der Waals surface area contributed by atoms with Gasteiger partial charge >= 0.3 is 0 Å². The lowest BCUT2D eigenvalue weighted by Crippen LogP contribution is -1.97. The van der Waals surface area contributed by atoms with Crippen LogP contribution in [0.1, 0.15) is 74.2 Å². The van der Waals surface area contributed by atoms with Crippen LogP contribution in [0.5, 0.6) is 0 Å². The maximum Gasteiger partial charge on any atom is 0.0395 e. The van der Waals surface area contributed by atoms with Crippen molar-refractivity contribution in [3.8, 4) is 0 Å². The monoisotopic (exact) mass is 322 g/mol. The van der Waals surface area contributed by atoms with Gasteiger partial charge in [0.05, 0.1) is 0 Å². The molecule has 1 fully saturated rings. The third-order valence-electron chi connectivity index (χ3n) is 4.46. The molecule has 0 aliphatic heterocycles. The molecule has 0 heterocycles. The number of hydrogen-bond acceptors (Lipinski definition) is 0. The number of halogens is 1. The molecular formula is C18H27Br. The molecule has 0 spiro atoms. The Morgan fingerprint density at radius 3 is 2.47 bits per heavy atom. The third kappa shape index (κ3) is 4.95. The quantitative estimate of drug-likeness (QED) is 0.507. The number of benzene rings is 1. The summed E-state index contributed by atoms with van der Waals surface area (Å²) >= 11 is 3.87. The predicted octanol–water partition coefficient (Wildman–Crippen LogP) is 6.44. The molecule has 106 valence electrons. The summed E-state index contributed by atoms with van der Waals surface area (Å²) in [6, 6.07) is 9.27. The molecule has 1 aliphatic carbocycles. The summed E-state index contributed by atoms with van der Waals surface area (Å²) in [6.45, 7) is 2.26. The van der Waals surface area contributed by atoms with E-state index in [1.54, 1.807) is 0 Å². The summed E-state index contributed by atoms with van der Waals surface area (Å²) in [5.74, 6) is 1.00. The van der Waals surface area contributed by atoms with Crippen LogP contribution >= 0.6 is 15.9 Å². The Morgan fingerprint density at radius 2 is 1.84 bits per heavy atom. The van der Waals surface area contributed by atoms with Crippen molar-refractivity contribution < 1.29 is 0 Å². The van der Waals surface area contributed by atoms with Crippen molar-refractivity contribution in [2.75, 3.05) is 0 Å². The summed E-state index contributed by atoms with van der Waals surface area (Å²) in [4.78, 5) is 0.549. The van der Waals surface area contributed by atoms with Crippen LogP contribution in [0, 0.1) is 5.92 Å². The Bertz CT molecular complexity index is 348. The first-order valence-corrected chi connectivity index (χ1v) is 8.94. The minimum Gasteiger partial charge on any atom is -0.0839 e. The van der Waals surface area contributed by atoms with Gasteiger partial charge in [-0.25, -0.2) is 0 Å². The Hall–Kier alpha value is -0.300. The number of unbranched alkanes of at least 4 members (excludes halogenated alkanes) is 1. The number of hydrogen-bond donors (Lipinski definition) is 0. The Balaban J connectivity index is 1.79. The van der Waals surface area contributed by atoms with Crippen LogP contribution in [0.25, 0.3) is 0 Å². The Labute approximate surface area is 127 Å². The summed E-state index contributed by atoms with van der Waals surface area (Å²) < 4.78 is 0. The van der Waals surface area contributed by atoms with Gasteiger partial charge in [0.25, 0.3) is 0 Å². The van der Waals surface area contributed by atoms with E-state index in [9.17, 15) is 0 Å². The van der Waals surface area contributed by atoms with E-state index in [0.29, 0.717) is 4.83 Å². The zero-order valence-corrected chi connectivity index (χ0v) is 13.8. The van der Waals surface area contributed by atoms with Gasteiger partial charge in [0.1, 0.15) is 0 Å². The van der Waals surface area contributed by atoms with Crippen molar-refractivity contribution >= 4 is 15.9 Å². The molecule has 0 N–H and O–H groups in total. The van der Waals surface area contributed by atoms with Gasteiger partial charge in [-0.3, -0.25) is 0 Å². The van der Waals surface area contributed by atoms with Crippen LogP contribution in [0.4, 0.5) is 0 Å². The van der Waals surface area contributed by atoms with Crippen LogP contribution in [0.15, 0.2) is 24.3 Å². The molecule has 19 heavy (non-hydrogen) atoms. The summed E-state index contributed by atoms with van der Waals surface area (Å²) in [6.07, 6.45) is 12.4. The van der Waals surface area contributed by atoms with E-state index in [1.165, 1.54) is 68.9 Å². The predicted molar refractivity (Wildman–Crippen MR) is 87.9 cm³/mol. The second-order valence-electron chi connectivity index (χ2n) is 6.04. The molecule has 1 heteroatoms. The lowest BCUT2D eigenvalue weighted by molar-refractivity contribution is 0.483. The molecule has 2 rings (SSSR count). The van der Waals surface area contributed by atoms with Gasteiger partial charge in [0.15, 0.2) is 0 Å². The lowest BCUT2D eigenvalue weighted by Gasteiger charge is -2.14. The first kappa shape index (κ1) is 15.1. The van der Waals surface area contributed by atoms with E-state index in [0.717, 1.165) is 5.92 Å². The first-order valence-electron chi connectivity index (χ1n) is 8.02. The van der Waals surface area contributed by atoms with Crippen LogP contribution in [-0.2, 0) is 6.42 Å². The van der Waals surface area contributed by atoms with Crippen molar-refractivity contribution in [1.82, 2.24) is 0 Å². The summed E-state index contributed by atoms with van der Waals surface area (Å²) in [7, 11) is 0. The Kier molecular flexibility index (Phi) is 6.43. The number of aryl methyl sites for hydroxylation is 1. The molecule has 1 aromatic carbocycles. The fourth-order valence-electron chi connectivity index (χ4n) is 3.12. The average molecular weight is 323 g/mol. The van der Waals surface area contributed by atoms with Gasteiger partial charge in [-0.2, -0.15) is 0 Å². The second-order valence-corrected chi connectivity index (χ2v) is 7.15. The fourth-order valence-corrected chi connectivity index (χ4v) is 3.69. The van der Waals surface area contributed by atoms with Crippen LogP contribution in [0.3, 0.4) is 0 Å². The maximum absolute atomic E-state index is 3.87. The van der Waals surface area contributed by atoms with Crippen molar-refractivity contribution in [2.45, 2.75) is 69.5 Å². The van der Waals surface area contributed by atoms with E-state index in [4.69, 9.17) is 0 Å². The number of rotatable bonds is 7. The first-order chi connectivity index (χ1) is 9.29. The molecule has 0 nitrogen and oxygen atoms in total. The molecule has 1 atom stereocenters. The molecule has 0 saturated heterocycles. The third-order valence-corrected chi connectivity index (χ3v) is 5.45. The van der Waals surface area contributed by atoms with E-state index in [-0.39, 0.29) is 0 Å². The highest BCUT2D eigenvalue weighted by Crippen LogP contribution is 2.34. The van der Waals surface area contributed by atoms with Crippen molar-refractivity contribution in [3.05, 3.63) is 35.4 Å². The highest BCUT2D eigenvalue weighted by Gasteiger charge is 2.16. The summed E-state index contributed by atoms with van der Waals surface area (Å²) in [5, 5.41) is 0. The minimum absolute atomic E-state index is 0.549. The SMILES string of the molecule is CCCCc1ccc(C(Br)CCC2CCCC2)cc1. The molecule has 1 aliphatic rings. The van der Waals surface area contributed by atoms with Crippen molar-refractivity contribution in [1.29, 1.82) is 0 Å². The molecule has 0 radical (unpaired) electrons. The maximum atomic E-state index is 3.87. The van der Waals surface area contributed by atoms with E-state index < -0.39 is 0 Å². The van der Waals surface area contributed by atoms with Gasteiger partial charge in [0.2, 0.25) is 0 Å². The molecule has 0 bridgehead atoms. The standard InChI is InChI=1S/C18H27Br/c1-2-3-6-16-9-12-17(13-10-16)18(19)14-11-15-7-4-5-8-15/h9-10,12-13,15,18H,2-8,11,14H2,1H3. The molecule has 1 unspecified atom stereocenters. The molecule has 1 aromatic rings. The fraction of sp³-hybridized carbons (Fsp3) is 0.667. The zero-order valence-electron chi connectivity index (χ0n) is 12.2. The van der Waals surface area contributed by atoms with Crippen molar-refractivity contribution in [3.63, 3.8) is 0 Å². The highest BCUT2D eigenvalue weighted by molar-refractivity contribution is 9.09. The lowest BCUT2D eigenvalue weighted by atomic mass is 9.97. The van der Waals surface area contributed by atoms with Crippen LogP contribution in [0.2, 0.25) is 0 Å². The van der Waals surface area contributed by atoms with Gasteiger partial charge in [-0.05, 0) is 42.7 Å². The average Bonchev–Trinajstić information content (AvgIpc) is 2.96. The summed E-state index contributed by atoms with van der Waals surface area (Å²) in [5.41, 5.74) is 2.94. The van der Waals surface area contributed by atoms with Gasteiger partial charge in [-0.1, -0.05) is 79.2 Å². The smallest absolute Gasteiger partial charge is 0.0395 e. The Morgan fingerprint density at radius 1 is 1.16 bits per heavy atom. The molecular weight excluding hydrogens is 296 g/mol. The van der Waals surface area contributed by atoms with Crippen LogP contribution in [-0.4, -0.2) is 0 Å².